The molecule has 7 heteroatoms. The first-order valence-corrected chi connectivity index (χ1v) is 6.95. The van der Waals surface area contributed by atoms with E-state index in [2.05, 4.69) is 10.6 Å². The lowest BCUT2D eigenvalue weighted by Crippen LogP contribution is -2.51. The van der Waals surface area contributed by atoms with Gasteiger partial charge >= 0.3 is 0 Å². The van der Waals surface area contributed by atoms with Gasteiger partial charge in [-0.2, -0.15) is 0 Å². The van der Waals surface area contributed by atoms with Gasteiger partial charge in [-0.25, -0.2) is 0 Å². The molecular formula is C14H19Cl2N3O2. The minimum Gasteiger partial charge on any atom is -0.336 e. The monoisotopic (exact) mass is 331 g/mol. The zero-order valence-corrected chi connectivity index (χ0v) is 13.6. The third kappa shape index (κ3) is 4.59. The largest absolute Gasteiger partial charge is 0.336 e. The highest BCUT2D eigenvalue weighted by molar-refractivity contribution is 6.34. The summed E-state index contributed by atoms with van der Waals surface area (Å²) in [6, 6.07) is 5.20. The predicted octanol–water partition coefficient (Wildman–Crippen LogP) is 2.15. The van der Waals surface area contributed by atoms with Gasteiger partial charge in [0, 0.05) is 38.3 Å². The van der Waals surface area contributed by atoms with Crippen LogP contribution in [0.15, 0.2) is 18.2 Å². The summed E-state index contributed by atoms with van der Waals surface area (Å²) in [6.07, 6.45) is 0. The van der Waals surface area contributed by atoms with E-state index in [0.29, 0.717) is 29.4 Å². The molecule has 1 aliphatic rings. The predicted molar refractivity (Wildman–Crippen MR) is 86.4 cm³/mol. The molecule has 1 saturated heterocycles. The Morgan fingerprint density at radius 2 is 2.14 bits per heavy atom. The summed E-state index contributed by atoms with van der Waals surface area (Å²) in [5.41, 5.74) is 1.00. The van der Waals surface area contributed by atoms with E-state index in [1.54, 1.807) is 23.1 Å². The second-order valence-electron chi connectivity index (χ2n) is 4.98. The fourth-order valence-corrected chi connectivity index (χ4v) is 2.46. The Balaban J connectivity index is 0.00000220. The highest BCUT2D eigenvalue weighted by atomic mass is 35.5. The molecule has 0 bridgehead atoms. The molecule has 0 aliphatic carbocycles. The van der Waals surface area contributed by atoms with Crippen LogP contribution in [0.3, 0.4) is 0 Å². The second-order valence-corrected chi connectivity index (χ2v) is 5.39. The Kier molecular flexibility index (Phi) is 6.45. The first-order chi connectivity index (χ1) is 9.47. The molecule has 116 valence electrons. The van der Waals surface area contributed by atoms with E-state index in [4.69, 9.17) is 11.6 Å². The van der Waals surface area contributed by atoms with Gasteiger partial charge in [0.25, 0.3) is 5.91 Å². The van der Waals surface area contributed by atoms with Gasteiger partial charge in [0.2, 0.25) is 5.91 Å². The lowest BCUT2D eigenvalue weighted by atomic mass is 10.1. The standard InChI is InChI=1S/C14H18ClN3O2.ClH/c1-9-8-18(6-5-16-9)14(20)12-7-11(17-10(2)19)3-4-13(12)15;/h3-4,7,9,16H,5-6,8H2,1-2H3,(H,17,19);1H/t9-;/m1./s1. The Labute approximate surface area is 135 Å². The van der Waals surface area contributed by atoms with Crippen LogP contribution in [0, 0.1) is 0 Å². The van der Waals surface area contributed by atoms with Crippen molar-refractivity contribution < 1.29 is 9.59 Å². The van der Waals surface area contributed by atoms with Gasteiger partial charge in [-0.3, -0.25) is 9.59 Å². The maximum atomic E-state index is 12.5. The molecule has 0 saturated carbocycles. The number of amides is 2. The van der Waals surface area contributed by atoms with E-state index in [0.717, 1.165) is 6.54 Å². The molecule has 5 nitrogen and oxygen atoms in total. The van der Waals surface area contributed by atoms with Crippen LogP contribution in [0.2, 0.25) is 5.02 Å². The molecule has 0 unspecified atom stereocenters. The molecule has 0 spiro atoms. The number of nitrogens with one attached hydrogen (secondary N) is 2. The highest BCUT2D eigenvalue weighted by Gasteiger charge is 2.23. The van der Waals surface area contributed by atoms with Crippen LogP contribution < -0.4 is 10.6 Å². The fourth-order valence-electron chi connectivity index (χ4n) is 2.26. The number of rotatable bonds is 2. The summed E-state index contributed by atoms with van der Waals surface area (Å²) in [7, 11) is 0. The maximum absolute atomic E-state index is 12.5. The molecule has 2 N–H and O–H groups in total. The normalized spacial score (nSPS) is 17.9. The molecule has 0 radical (unpaired) electrons. The van der Waals surface area contributed by atoms with E-state index in [1.807, 2.05) is 6.92 Å². The number of anilines is 1. The average Bonchev–Trinajstić information content (AvgIpc) is 2.39. The molecule has 0 aromatic heterocycles. The van der Waals surface area contributed by atoms with Gasteiger partial charge in [0.1, 0.15) is 0 Å². The fraction of sp³-hybridized carbons (Fsp3) is 0.429. The SMILES string of the molecule is CC(=O)Nc1ccc(Cl)c(C(=O)N2CCN[C@H](C)C2)c1.Cl. The van der Waals surface area contributed by atoms with Crippen LogP contribution in [0.4, 0.5) is 5.69 Å². The summed E-state index contributed by atoms with van der Waals surface area (Å²) >= 11 is 6.11. The van der Waals surface area contributed by atoms with Crippen molar-refractivity contribution in [3.8, 4) is 0 Å². The molecule has 2 amide bonds. The smallest absolute Gasteiger partial charge is 0.255 e. The summed E-state index contributed by atoms with van der Waals surface area (Å²) in [6.45, 7) is 5.54. The molecule has 1 aliphatic heterocycles. The van der Waals surface area contributed by atoms with Gasteiger partial charge in [-0.05, 0) is 25.1 Å². The molecule has 1 fully saturated rings. The van der Waals surface area contributed by atoms with E-state index in [9.17, 15) is 9.59 Å². The van der Waals surface area contributed by atoms with Crippen molar-refractivity contribution in [2.75, 3.05) is 25.0 Å². The van der Waals surface area contributed by atoms with Crippen LogP contribution in [0.5, 0.6) is 0 Å². The van der Waals surface area contributed by atoms with E-state index in [-0.39, 0.29) is 30.3 Å². The zero-order chi connectivity index (χ0) is 14.7. The number of hydrogen-bond donors (Lipinski definition) is 2. The molecule has 2 rings (SSSR count). The van der Waals surface area contributed by atoms with Gasteiger partial charge < -0.3 is 15.5 Å². The molecule has 1 aromatic carbocycles. The number of carbonyl (C=O) groups is 2. The molecule has 1 atom stereocenters. The molecule has 21 heavy (non-hydrogen) atoms. The van der Waals surface area contributed by atoms with Crippen LogP contribution in [0.25, 0.3) is 0 Å². The Morgan fingerprint density at radius 3 is 2.76 bits per heavy atom. The van der Waals surface area contributed by atoms with Gasteiger partial charge in [-0.15, -0.1) is 12.4 Å². The first-order valence-electron chi connectivity index (χ1n) is 6.57. The molecule has 1 aromatic rings. The molecule has 1 heterocycles. The van der Waals surface area contributed by atoms with E-state index >= 15 is 0 Å². The van der Waals surface area contributed by atoms with Crippen molar-refractivity contribution in [2.24, 2.45) is 0 Å². The van der Waals surface area contributed by atoms with Crippen molar-refractivity contribution >= 4 is 41.5 Å². The topological polar surface area (TPSA) is 61.4 Å². The van der Waals surface area contributed by atoms with Crippen molar-refractivity contribution in [1.82, 2.24) is 10.2 Å². The second kappa shape index (κ2) is 7.64. The van der Waals surface area contributed by atoms with Gasteiger partial charge in [-0.1, -0.05) is 11.6 Å². The number of carbonyl (C=O) groups excluding carboxylic acids is 2. The summed E-state index contributed by atoms with van der Waals surface area (Å²) < 4.78 is 0. The van der Waals surface area contributed by atoms with Crippen LogP contribution >= 0.6 is 24.0 Å². The molecular weight excluding hydrogens is 313 g/mol. The zero-order valence-electron chi connectivity index (χ0n) is 12.0. The van der Waals surface area contributed by atoms with Gasteiger partial charge in [0.15, 0.2) is 0 Å². The third-order valence-electron chi connectivity index (χ3n) is 3.17. The average molecular weight is 332 g/mol. The van der Waals surface area contributed by atoms with Gasteiger partial charge in [0.05, 0.1) is 10.6 Å². The summed E-state index contributed by atoms with van der Waals surface area (Å²) in [5.74, 6) is -0.280. The minimum absolute atomic E-state index is 0. The van der Waals surface area contributed by atoms with Crippen LogP contribution in [-0.2, 0) is 4.79 Å². The lowest BCUT2D eigenvalue weighted by Gasteiger charge is -2.32. The van der Waals surface area contributed by atoms with Crippen LogP contribution in [-0.4, -0.2) is 42.4 Å². The van der Waals surface area contributed by atoms with Crippen molar-refractivity contribution in [3.05, 3.63) is 28.8 Å². The Morgan fingerprint density at radius 1 is 1.43 bits per heavy atom. The number of hydrogen-bond acceptors (Lipinski definition) is 3. The number of benzene rings is 1. The quantitative estimate of drug-likeness (QED) is 0.872. The van der Waals surface area contributed by atoms with Crippen molar-refractivity contribution in [2.45, 2.75) is 19.9 Å². The Bertz CT molecular complexity index is 537. The Hall–Kier alpha value is -1.30. The third-order valence-corrected chi connectivity index (χ3v) is 3.50. The first kappa shape index (κ1) is 17.8. The number of halogens is 2. The highest BCUT2D eigenvalue weighted by Crippen LogP contribution is 2.22. The summed E-state index contributed by atoms with van der Waals surface area (Å²) in [4.78, 5) is 25.4. The van der Waals surface area contributed by atoms with Crippen LogP contribution in [0.1, 0.15) is 24.2 Å². The van der Waals surface area contributed by atoms with Crippen molar-refractivity contribution in [1.29, 1.82) is 0 Å². The van der Waals surface area contributed by atoms with E-state index in [1.165, 1.54) is 6.92 Å². The number of piperazine rings is 1. The lowest BCUT2D eigenvalue weighted by molar-refractivity contribution is -0.114. The van der Waals surface area contributed by atoms with Crippen molar-refractivity contribution in [3.63, 3.8) is 0 Å². The summed E-state index contributed by atoms with van der Waals surface area (Å²) in [5, 5.41) is 6.34. The minimum atomic E-state index is -0.179. The van der Waals surface area contributed by atoms with E-state index < -0.39 is 0 Å². The number of nitrogens with zero attached hydrogens (tertiary/aromatic N) is 1. The maximum Gasteiger partial charge on any atom is 0.255 e.